The van der Waals surface area contributed by atoms with Crippen LogP contribution in [-0.4, -0.2) is 29.0 Å². The summed E-state index contributed by atoms with van der Waals surface area (Å²) in [7, 11) is 0. The van der Waals surface area contributed by atoms with Gasteiger partial charge in [-0.1, -0.05) is 18.1 Å². The molecule has 0 saturated heterocycles. The molecule has 0 bridgehead atoms. The maximum absolute atomic E-state index is 12.0. The molecule has 0 aliphatic carbocycles. The third-order valence-corrected chi connectivity index (χ3v) is 2.78. The summed E-state index contributed by atoms with van der Waals surface area (Å²) in [4.78, 5) is 25.0. The van der Waals surface area contributed by atoms with Crippen molar-refractivity contribution in [1.82, 2.24) is 4.90 Å². The molecular formula is C14H13NO3. The Hall–Kier alpha value is -2.12. The number of benzene rings is 1. The number of imide groups is 1. The van der Waals surface area contributed by atoms with E-state index in [2.05, 4.69) is 5.92 Å². The molecule has 0 unspecified atom stereocenters. The molecule has 92 valence electrons. The van der Waals surface area contributed by atoms with Gasteiger partial charge in [-0.25, -0.2) is 4.90 Å². The molecule has 4 nitrogen and oxygen atoms in total. The van der Waals surface area contributed by atoms with E-state index in [0.29, 0.717) is 11.1 Å². The predicted octanol–water partition coefficient (Wildman–Crippen LogP) is 1.67. The fraction of sp³-hybridized carbons (Fsp3) is 0.286. The van der Waals surface area contributed by atoms with Crippen LogP contribution in [0.15, 0.2) is 24.3 Å². The lowest BCUT2D eigenvalue weighted by Gasteiger charge is -2.22. The van der Waals surface area contributed by atoms with Crippen molar-refractivity contribution in [2.75, 3.05) is 6.73 Å². The minimum absolute atomic E-state index is 0.135. The smallest absolute Gasteiger partial charge is 0.263 e. The van der Waals surface area contributed by atoms with E-state index in [1.54, 1.807) is 38.1 Å². The first-order valence-electron chi connectivity index (χ1n) is 5.53. The highest BCUT2D eigenvalue weighted by atomic mass is 16.5. The molecule has 0 spiro atoms. The van der Waals surface area contributed by atoms with Crippen molar-refractivity contribution >= 4 is 11.8 Å². The minimum atomic E-state index is -0.810. The Kier molecular flexibility index (Phi) is 2.93. The van der Waals surface area contributed by atoms with Crippen molar-refractivity contribution in [2.45, 2.75) is 19.4 Å². The first-order valence-corrected chi connectivity index (χ1v) is 5.53. The average Bonchev–Trinajstić information content (AvgIpc) is 2.61. The second-order valence-corrected chi connectivity index (χ2v) is 4.51. The lowest BCUT2D eigenvalue weighted by molar-refractivity contribution is -0.0245. The number of hydrogen-bond acceptors (Lipinski definition) is 3. The second kappa shape index (κ2) is 4.28. The molecule has 4 heteroatoms. The molecule has 2 amide bonds. The zero-order valence-corrected chi connectivity index (χ0v) is 10.3. The molecule has 1 aliphatic rings. The van der Waals surface area contributed by atoms with Gasteiger partial charge in [0.25, 0.3) is 11.8 Å². The summed E-state index contributed by atoms with van der Waals surface area (Å²) in [5, 5.41) is 0. The highest BCUT2D eigenvalue weighted by Gasteiger charge is 2.36. The van der Waals surface area contributed by atoms with Crippen LogP contribution >= 0.6 is 0 Å². The summed E-state index contributed by atoms with van der Waals surface area (Å²) in [6.07, 6.45) is 5.28. The Morgan fingerprint density at radius 3 is 2.17 bits per heavy atom. The van der Waals surface area contributed by atoms with Crippen LogP contribution in [0.5, 0.6) is 0 Å². The molecule has 0 saturated carbocycles. The Labute approximate surface area is 106 Å². The quantitative estimate of drug-likeness (QED) is 0.599. The van der Waals surface area contributed by atoms with Gasteiger partial charge in [-0.2, -0.15) is 0 Å². The van der Waals surface area contributed by atoms with Crippen molar-refractivity contribution in [3.05, 3.63) is 35.4 Å². The second-order valence-electron chi connectivity index (χ2n) is 4.51. The number of ether oxygens (including phenoxy) is 1. The van der Waals surface area contributed by atoms with Crippen LogP contribution in [0, 0.1) is 12.3 Å². The van der Waals surface area contributed by atoms with Gasteiger partial charge in [0.15, 0.2) is 0 Å². The van der Waals surface area contributed by atoms with Crippen LogP contribution in [0.4, 0.5) is 0 Å². The first-order chi connectivity index (χ1) is 8.46. The highest BCUT2D eigenvalue weighted by Crippen LogP contribution is 2.23. The Morgan fingerprint density at radius 1 is 1.22 bits per heavy atom. The van der Waals surface area contributed by atoms with E-state index >= 15 is 0 Å². The largest absolute Gasteiger partial charge is 0.342 e. The standard InChI is InChI=1S/C14H13NO3/c1-4-14(2,3)18-9-15-12(16)10-7-5-6-8-11(10)13(15)17/h1,5-8H,9H2,2-3H3. The highest BCUT2D eigenvalue weighted by molar-refractivity contribution is 6.21. The van der Waals surface area contributed by atoms with Crippen LogP contribution in [-0.2, 0) is 4.74 Å². The molecule has 0 fully saturated rings. The summed E-state index contributed by atoms with van der Waals surface area (Å²) in [6, 6.07) is 6.70. The molecule has 0 N–H and O–H groups in total. The lowest BCUT2D eigenvalue weighted by Crippen LogP contribution is -2.36. The fourth-order valence-electron chi connectivity index (χ4n) is 1.62. The van der Waals surface area contributed by atoms with Gasteiger partial charge in [0.2, 0.25) is 0 Å². The van der Waals surface area contributed by atoms with Crippen molar-refractivity contribution in [1.29, 1.82) is 0 Å². The maximum Gasteiger partial charge on any atom is 0.263 e. The molecule has 1 aromatic carbocycles. The Morgan fingerprint density at radius 2 is 1.72 bits per heavy atom. The van der Waals surface area contributed by atoms with E-state index in [0.717, 1.165) is 4.90 Å². The molecule has 18 heavy (non-hydrogen) atoms. The number of carbonyl (C=O) groups excluding carboxylic acids is 2. The van der Waals surface area contributed by atoms with Crippen LogP contribution in [0.25, 0.3) is 0 Å². The normalized spacial score (nSPS) is 14.6. The Bertz CT molecular complexity index is 519. The summed E-state index contributed by atoms with van der Waals surface area (Å²) >= 11 is 0. The van der Waals surface area contributed by atoms with Crippen LogP contribution in [0.1, 0.15) is 34.6 Å². The molecule has 1 aliphatic heterocycles. The predicted molar refractivity (Wildman–Crippen MR) is 65.8 cm³/mol. The van der Waals surface area contributed by atoms with Crippen molar-refractivity contribution in [2.24, 2.45) is 0 Å². The number of hydrogen-bond donors (Lipinski definition) is 0. The van der Waals surface area contributed by atoms with Crippen molar-refractivity contribution in [3.63, 3.8) is 0 Å². The number of fused-ring (bicyclic) bond motifs is 1. The number of amides is 2. The molecular weight excluding hydrogens is 230 g/mol. The minimum Gasteiger partial charge on any atom is -0.342 e. The number of rotatable bonds is 3. The van der Waals surface area contributed by atoms with Gasteiger partial charge >= 0.3 is 0 Å². The van der Waals surface area contributed by atoms with Gasteiger partial charge in [-0.3, -0.25) is 9.59 Å². The van der Waals surface area contributed by atoms with Crippen LogP contribution in [0.2, 0.25) is 0 Å². The SMILES string of the molecule is C#CC(C)(C)OCN1C(=O)c2ccccc2C1=O. The van der Waals surface area contributed by atoms with E-state index in [1.165, 1.54) is 0 Å². The van der Waals surface area contributed by atoms with Gasteiger partial charge in [0.05, 0.1) is 11.1 Å². The summed E-state index contributed by atoms with van der Waals surface area (Å²) < 4.78 is 5.38. The number of nitrogens with zero attached hydrogens (tertiary/aromatic N) is 1. The Balaban J connectivity index is 2.18. The molecule has 2 rings (SSSR count). The van der Waals surface area contributed by atoms with E-state index in [1.807, 2.05) is 0 Å². The molecule has 0 aromatic heterocycles. The fourth-order valence-corrected chi connectivity index (χ4v) is 1.62. The average molecular weight is 243 g/mol. The van der Waals surface area contributed by atoms with Gasteiger partial charge in [0.1, 0.15) is 12.3 Å². The zero-order chi connectivity index (χ0) is 13.3. The van der Waals surface area contributed by atoms with E-state index in [9.17, 15) is 9.59 Å². The van der Waals surface area contributed by atoms with Crippen LogP contribution in [0.3, 0.4) is 0 Å². The van der Waals surface area contributed by atoms with Gasteiger partial charge in [-0.05, 0) is 26.0 Å². The van der Waals surface area contributed by atoms with E-state index < -0.39 is 5.60 Å². The van der Waals surface area contributed by atoms with Gasteiger partial charge < -0.3 is 4.74 Å². The lowest BCUT2D eigenvalue weighted by atomic mass is 10.1. The summed E-state index contributed by atoms with van der Waals surface area (Å²) in [5.41, 5.74) is 0.00392. The third kappa shape index (κ3) is 2.01. The van der Waals surface area contributed by atoms with Gasteiger partial charge in [-0.15, -0.1) is 6.42 Å². The maximum atomic E-state index is 12.0. The van der Waals surface area contributed by atoms with Crippen molar-refractivity contribution < 1.29 is 14.3 Å². The van der Waals surface area contributed by atoms with E-state index in [-0.39, 0.29) is 18.5 Å². The third-order valence-electron chi connectivity index (χ3n) is 2.78. The van der Waals surface area contributed by atoms with Gasteiger partial charge in [0, 0.05) is 0 Å². The zero-order valence-electron chi connectivity index (χ0n) is 10.3. The molecule has 0 atom stereocenters. The summed E-state index contributed by atoms with van der Waals surface area (Å²) in [5.74, 6) is 1.76. The topological polar surface area (TPSA) is 46.6 Å². The molecule has 1 heterocycles. The summed E-state index contributed by atoms with van der Waals surface area (Å²) in [6.45, 7) is 3.26. The van der Waals surface area contributed by atoms with Crippen LogP contribution < -0.4 is 0 Å². The monoisotopic (exact) mass is 243 g/mol. The van der Waals surface area contributed by atoms with Crippen molar-refractivity contribution in [3.8, 4) is 12.3 Å². The first kappa shape index (κ1) is 12.3. The molecule has 0 radical (unpaired) electrons. The number of terminal acetylenes is 1. The number of carbonyl (C=O) groups is 2. The molecule has 1 aromatic rings. The van der Waals surface area contributed by atoms with E-state index in [4.69, 9.17) is 11.2 Å².